The number of piperazine rings is 1. The van der Waals surface area contributed by atoms with E-state index in [0.717, 1.165) is 44.8 Å². The highest BCUT2D eigenvalue weighted by Crippen LogP contribution is 2.27. The Bertz CT molecular complexity index is 908. The van der Waals surface area contributed by atoms with E-state index in [1.54, 1.807) is 6.20 Å². The number of aromatic nitrogens is 2. The lowest BCUT2D eigenvalue weighted by molar-refractivity contribution is -0.136. The van der Waals surface area contributed by atoms with Gasteiger partial charge >= 0.3 is 0 Å². The SMILES string of the molecule is C=CC1CCC[C@H]2CN(C(=O)CN3CCc4cc(-n5cccn5)ccc4C3)CCN12. The minimum atomic E-state index is 0.284. The van der Waals surface area contributed by atoms with E-state index in [1.807, 2.05) is 16.9 Å². The Morgan fingerprint density at radius 2 is 2.13 bits per heavy atom. The second kappa shape index (κ2) is 8.36. The summed E-state index contributed by atoms with van der Waals surface area (Å²) in [7, 11) is 0. The van der Waals surface area contributed by atoms with Gasteiger partial charge in [0.05, 0.1) is 12.2 Å². The molecule has 1 aromatic carbocycles. The summed E-state index contributed by atoms with van der Waals surface area (Å²) in [6, 6.07) is 9.49. The van der Waals surface area contributed by atoms with Crippen LogP contribution in [-0.2, 0) is 17.8 Å². The molecule has 0 saturated carbocycles. The molecule has 2 saturated heterocycles. The van der Waals surface area contributed by atoms with Crippen LogP contribution in [0.15, 0.2) is 49.3 Å². The van der Waals surface area contributed by atoms with Gasteiger partial charge in [-0.15, -0.1) is 6.58 Å². The van der Waals surface area contributed by atoms with Crippen LogP contribution in [0.1, 0.15) is 30.4 Å². The van der Waals surface area contributed by atoms with Crippen molar-refractivity contribution in [1.82, 2.24) is 24.5 Å². The molecule has 0 spiro atoms. The van der Waals surface area contributed by atoms with E-state index < -0.39 is 0 Å². The lowest BCUT2D eigenvalue weighted by atomic mass is 9.93. The molecule has 3 aliphatic rings. The van der Waals surface area contributed by atoms with Crippen molar-refractivity contribution in [3.8, 4) is 5.69 Å². The maximum absolute atomic E-state index is 13.0. The van der Waals surface area contributed by atoms with Crippen LogP contribution in [0.3, 0.4) is 0 Å². The monoisotopic (exact) mass is 405 g/mol. The predicted molar refractivity (Wildman–Crippen MR) is 117 cm³/mol. The number of nitrogens with zero attached hydrogens (tertiary/aromatic N) is 5. The molecule has 30 heavy (non-hydrogen) atoms. The van der Waals surface area contributed by atoms with Gasteiger partial charge in [0.2, 0.25) is 5.91 Å². The normalized spacial score (nSPS) is 24.9. The van der Waals surface area contributed by atoms with Gasteiger partial charge in [-0.25, -0.2) is 4.68 Å². The molecule has 1 unspecified atom stereocenters. The fourth-order valence-electron chi connectivity index (χ4n) is 5.36. The van der Waals surface area contributed by atoms with E-state index in [0.29, 0.717) is 18.6 Å². The standard InChI is InChI=1S/C24H31N5O/c1-2-21-5-3-6-23-17-27(13-14-28(21)23)24(30)18-26-12-9-19-15-22(8-7-20(19)16-26)29-11-4-10-25-29/h2,4,7-8,10-11,15,21,23H,1,3,5-6,9,12-14,16-18H2/t21?,23-/m0/s1. The number of benzene rings is 1. The Kier molecular flexibility index (Phi) is 5.44. The second-order valence-corrected chi connectivity index (χ2v) is 8.83. The summed E-state index contributed by atoms with van der Waals surface area (Å²) < 4.78 is 1.90. The average molecular weight is 406 g/mol. The summed E-state index contributed by atoms with van der Waals surface area (Å²) in [5.74, 6) is 0.284. The number of piperidine rings is 1. The molecule has 158 valence electrons. The molecule has 0 radical (unpaired) electrons. The Labute approximate surface area is 178 Å². The Balaban J connectivity index is 1.19. The molecule has 3 aliphatic heterocycles. The third kappa shape index (κ3) is 3.82. The first kappa shape index (κ1) is 19.5. The van der Waals surface area contributed by atoms with Crippen molar-refractivity contribution in [2.75, 3.05) is 32.7 Å². The van der Waals surface area contributed by atoms with Gasteiger partial charge in [0.15, 0.2) is 0 Å². The van der Waals surface area contributed by atoms with E-state index in [-0.39, 0.29) is 5.91 Å². The average Bonchev–Trinajstić information content (AvgIpc) is 3.33. The summed E-state index contributed by atoms with van der Waals surface area (Å²) in [6.45, 7) is 9.02. The molecule has 2 fully saturated rings. The van der Waals surface area contributed by atoms with Crippen molar-refractivity contribution >= 4 is 5.91 Å². The molecule has 2 aromatic rings. The minimum absolute atomic E-state index is 0.284. The number of rotatable bonds is 4. The quantitative estimate of drug-likeness (QED) is 0.733. The first-order chi connectivity index (χ1) is 14.7. The van der Waals surface area contributed by atoms with Crippen molar-refractivity contribution in [3.63, 3.8) is 0 Å². The highest BCUT2D eigenvalue weighted by molar-refractivity contribution is 5.78. The minimum Gasteiger partial charge on any atom is -0.339 e. The third-order valence-corrected chi connectivity index (χ3v) is 7.03. The van der Waals surface area contributed by atoms with Gasteiger partial charge in [0, 0.05) is 57.2 Å². The molecule has 2 atom stereocenters. The maximum Gasteiger partial charge on any atom is 0.236 e. The summed E-state index contributed by atoms with van der Waals surface area (Å²) in [6.07, 6.45) is 10.5. The molecule has 0 aliphatic carbocycles. The van der Waals surface area contributed by atoms with Crippen LogP contribution in [0.2, 0.25) is 0 Å². The summed E-state index contributed by atoms with van der Waals surface area (Å²) in [5.41, 5.74) is 3.81. The summed E-state index contributed by atoms with van der Waals surface area (Å²) >= 11 is 0. The topological polar surface area (TPSA) is 44.6 Å². The molecule has 1 aromatic heterocycles. The van der Waals surface area contributed by atoms with Gasteiger partial charge in [0.1, 0.15) is 0 Å². The highest BCUT2D eigenvalue weighted by atomic mass is 16.2. The highest BCUT2D eigenvalue weighted by Gasteiger charge is 2.35. The molecule has 0 bridgehead atoms. The number of carbonyl (C=O) groups excluding carboxylic acids is 1. The van der Waals surface area contributed by atoms with E-state index in [1.165, 1.54) is 30.4 Å². The van der Waals surface area contributed by atoms with Crippen LogP contribution in [0.25, 0.3) is 5.69 Å². The van der Waals surface area contributed by atoms with Crippen LogP contribution in [0.4, 0.5) is 0 Å². The number of hydrogen-bond donors (Lipinski definition) is 0. The summed E-state index contributed by atoms with van der Waals surface area (Å²) in [5, 5.41) is 4.33. The first-order valence-electron chi connectivity index (χ1n) is 11.2. The Hall–Kier alpha value is -2.44. The van der Waals surface area contributed by atoms with E-state index in [9.17, 15) is 4.79 Å². The zero-order chi connectivity index (χ0) is 20.5. The molecule has 0 N–H and O–H groups in total. The molecule has 1 amide bonds. The first-order valence-corrected chi connectivity index (χ1v) is 11.2. The van der Waals surface area contributed by atoms with E-state index in [4.69, 9.17) is 0 Å². The van der Waals surface area contributed by atoms with Crippen LogP contribution in [0.5, 0.6) is 0 Å². The lowest BCUT2D eigenvalue weighted by Crippen LogP contribution is -2.60. The van der Waals surface area contributed by atoms with Gasteiger partial charge in [0.25, 0.3) is 0 Å². The molecule has 4 heterocycles. The smallest absolute Gasteiger partial charge is 0.236 e. The number of hydrogen-bond acceptors (Lipinski definition) is 4. The molecule has 5 rings (SSSR count). The van der Waals surface area contributed by atoms with Crippen LogP contribution < -0.4 is 0 Å². The van der Waals surface area contributed by atoms with Gasteiger partial charge in [-0.1, -0.05) is 12.1 Å². The number of carbonyl (C=O) groups is 1. The second-order valence-electron chi connectivity index (χ2n) is 8.83. The molecular weight excluding hydrogens is 374 g/mol. The molecule has 6 heteroatoms. The van der Waals surface area contributed by atoms with Crippen molar-refractivity contribution in [2.24, 2.45) is 0 Å². The lowest BCUT2D eigenvalue weighted by Gasteiger charge is -2.47. The zero-order valence-electron chi connectivity index (χ0n) is 17.6. The third-order valence-electron chi connectivity index (χ3n) is 7.03. The number of amides is 1. The number of fused-ring (bicyclic) bond motifs is 2. The fraction of sp³-hybridized carbons (Fsp3) is 0.500. The van der Waals surface area contributed by atoms with Crippen molar-refractivity contribution in [3.05, 3.63) is 60.4 Å². The van der Waals surface area contributed by atoms with Gasteiger partial charge in [-0.3, -0.25) is 14.6 Å². The zero-order valence-corrected chi connectivity index (χ0v) is 17.6. The van der Waals surface area contributed by atoms with Gasteiger partial charge < -0.3 is 4.90 Å². The van der Waals surface area contributed by atoms with Gasteiger partial charge in [-0.05, 0) is 55.0 Å². The van der Waals surface area contributed by atoms with Gasteiger partial charge in [-0.2, -0.15) is 5.10 Å². The predicted octanol–water partition coefficient (Wildman–Crippen LogP) is 2.48. The fourth-order valence-corrected chi connectivity index (χ4v) is 5.36. The van der Waals surface area contributed by atoms with Crippen molar-refractivity contribution < 1.29 is 4.79 Å². The molecular formula is C24H31N5O. The summed E-state index contributed by atoms with van der Waals surface area (Å²) in [4.78, 5) is 20.0. The Morgan fingerprint density at radius 3 is 2.97 bits per heavy atom. The van der Waals surface area contributed by atoms with Crippen LogP contribution in [-0.4, -0.2) is 75.2 Å². The van der Waals surface area contributed by atoms with E-state index in [2.05, 4.69) is 50.7 Å². The largest absolute Gasteiger partial charge is 0.339 e. The van der Waals surface area contributed by atoms with E-state index >= 15 is 0 Å². The Morgan fingerprint density at radius 1 is 1.20 bits per heavy atom. The van der Waals surface area contributed by atoms with Crippen LogP contribution in [0, 0.1) is 0 Å². The van der Waals surface area contributed by atoms with Crippen molar-refractivity contribution in [2.45, 2.75) is 44.3 Å². The molecule has 6 nitrogen and oxygen atoms in total. The van der Waals surface area contributed by atoms with Crippen molar-refractivity contribution in [1.29, 1.82) is 0 Å². The maximum atomic E-state index is 13.0. The van der Waals surface area contributed by atoms with Crippen LogP contribution >= 0.6 is 0 Å².